The molecule has 0 bridgehead atoms. The number of nitrogens with zero attached hydrogens (tertiary/aromatic N) is 1. The van der Waals surface area contributed by atoms with E-state index in [9.17, 15) is 4.79 Å². The van der Waals surface area contributed by atoms with E-state index in [1.165, 1.54) is 19.8 Å². The van der Waals surface area contributed by atoms with E-state index in [1.807, 2.05) is 0 Å². The average molecular weight is 154 g/mol. The van der Waals surface area contributed by atoms with E-state index in [-0.39, 0.29) is 5.91 Å². The number of carbonyl (C=O) groups excluding carboxylic acids is 1. The largest absolute Gasteiger partial charge is 0.274 e. The third kappa shape index (κ3) is 2.70. The van der Waals surface area contributed by atoms with Crippen molar-refractivity contribution in [1.82, 2.24) is 5.43 Å². The number of nitrogens with one attached hydrogen (secondary N) is 1. The van der Waals surface area contributed by atoms with Crippen LogP contribution >= 0.6 is 0 Å². The molecule has 0 unspecified atom stereocenters. The fourth-order valence-electron chi connectivity index (χ4n) is 1.03. The molecule has 0 aromatic heterocycles. The minimum absolute atomic E-state index is 0.0865. The summed E-state index contributed by atoms with van der Waals surface area (Å²) < 4.78 is 0. The summed E-state index contributed by atoms with van der Waals surface area (Å²) in [5, 5.41) is 4.02. The molecule has 1 aliphatic rings. The van der Waals surface area contributed by atoms with Crippen molar-refractivity contribution in [1.29, 1.82) is 0 Å². The van der Waals surface area contributed by atoms with Gasteiger partial charge in [-0.25, -0.2) is 5.43 Å². The second-order valence-electron chi connectivity index (χ2n) is 2.90. The Morgan fingerprint density at radius 2 is 2.27 bits per heavy atom. The van der Waals surface area contributed by atoms with Crippen LogP contribution in [0.25, 0.3) is 0 Å². The van der Waals surface area contributed by atoms with E-state index in [0.29, 0.717) is 5.92 Å². The molecule has 1 N–H and O–H groups in total. The molecule has 11 heavy (non-hydrogen) atoms. The smallest absolute Gasteiger partial charge is 0.236 e. The zero-order valence-corrected chi connectivity index (χ0v) is 7.05. The minimum atomic E-state index is -0.0865. The molecule has 62 valence electrons. The molecule has 0 aliphatic heterocycles. The van der Waals surface area contributed by atoms with Crippen LogP contribution in [-0.2, 0) is 4.79 Å². The van der Waals surface area contributed by atoms with Crippen molar-refractivity contribution in [3.05, 3.63) is 0 Å². The van der Waals surface area contributed by atoms with Gasteiger partial charge in [-0.2, -0.15) is 5.10 Å². The Labute approximate surface area is 66.9 Å². The normalized spacial score (nSPS) is 18.2. The van der Waals surface area contributed by atoms with Crippen LogP contribution in [0.5, 0.6) is 0 Å². The minimum Gasteiger partial charge on any atom is -0.274 e. The Hall–Kier alpha value is -0.860. The van der Waals surface area contributed by atoms with Gasteiger partial charge in [-0.05, 0) is 25.2 Å². The molecule has 0 aromatic carbocycles. The molecule has 1 fully saturated rings. The lowest BCUT2D eigenvalue weighted by atomic mass is 10.2. The first kappa shape index (κ1) is 8.24. The van der Waals surface area contributed by atoms with Crippen LogP contribution in [-0.4, -0.2) is 11.6 Å². The fourth-order valence-corrected chi connectivity index (χ4v) is 1.03. The molecule has 1 saturated carbocycles. The zero-order valence-electron chi connectivity index (χ0n) is 7.05. The summed E-state index contributed by atoms with van der Waals surface area (Å²) in [4.78, 5) is 10.5. The number of carbonyl (C=O) groups is 1. The van der Waals surface area contributed by atoms with Crippen LogP contribution < -0.4 is 5.43 Å². The summed E-state index contributed by atoms with van der Waals surface area (Å²) in [5.41, 5.74) is 3.61. The number of hydrazone groups is 1. The highest BCUT2D eigenvalue weighted by molar-refractivity contribution is 5.89. The van der Waals surface area contributed by atoms with E-state index < -0.39 is 0 Å². The molecule has 0 aromatic rings. The summed E-state index contributed by atoms with van der Waals surface area (Å²) in [6, 6.07) is 0. The summed E-state index contributed by atoms with van der Waals surface area (Å²) >= 11 is 0. The lowest BCUT2D eigenvalue weighted by Crippen LogP contribution is -2.16. The second kappa shape index (κ2) is 3.51. The quantitative estimate of drug-likeness (QED) is 0.483. The van der Waals surface area contributed by atoms with Crippen molar-refractivity contribution in [3.8, 4) is 0 Å². The van der Waals surface area contributed by atoms with Crippen LogP contribution in [0.4, 0.5) is 0 Å². The predicted molar refractivity (Wildman–Crippen MR) is 44.3 cm³/mol. The highest BCUT2D eigenvalue weighted by atomic mass is 16.2. The topological polar surface area (TPSA) is 41.5 Å². The molecule has 1 amide bonds. The van der Waals surface area contributed by atoms with Crippen molar-refractivity contribution in [2.24, 2.45) is 11.0 Å². The van der Waals surface area contributed by atoms with Crippen LogP contribution in [0.15, 0.2) is 5.10 Å². The van der Waals surface area contributed by atoms with Gasteiger partial charge in [0.1, 0.15) is 0 Å². The molecular formula is C8H14N2O. The SMILES string of the molecule is CC/C(=N/NC(C)=O)C1CC1. The Morgan fingerprint density at radius 3 is 2.64 bits per heavy atom. The molecular weight excluding hydrogens is 140 g/mol. The lowest BCUT2D eigenvalue weighted by molar-refractivity contribution is -0.118. The van der Waals surface area contributed by atoms with Crippen molar-refractivity contribution in [2.45, 2.75) is 33.1 Å². The van der Waals surface area contributed by atoms with Gasteiger partial charge in [-0.1, -0.05) is 6.92 Å². The van der Waals surface area contributed by atoms with Crippen LogP contribution in [0.1, 0.15) is 33.1 Å². The number of hydrogen-bond donors (Lipinski definition) is 1. The van der Waals surface area contributed by atoms with Crippen LogP contribution in [0.2, 0.25) is 0 Å². The van der Waals surface area contributed by atoms with Gasteiger partial charge in [0.2, 0.25) is 5.91 Å². The molecule has 3 heteroatoms. The average Bonchev–Trinajstić information content (AvgIpc) is 2.72. The third-order valence-corrected chi connectivity index (χ3v) is 1.77. The molecule has 0 saturated heterocycles. The van der Waals surface area contributed by atoms with Crippen molar-refractivity contribution < 1.29 is 4.79 Å². The van der Waals surface area contributed by atoms with Gasteiger partial charge in [-0.3, -0.25) is 4.79 Å². The third-order valence-electron chi connectivity index (χ3n) is 1.77. The molecule has 3 nitrogen and oxygen atoms in total. The highest BCUT2D eigenvalue weighted by Crippen LogP contribution is 2.31. The van der Waals surface area contributed by atoms with Gasteiger partial charge < -0.3 is 0 Å². The maximum Gasteiger partial charge on any atom is 0.236 e. The summed E-state index contributed by atoms with van der Waals surface area (Å²) in [6.45, 7) is 3.54. The monoisotopic (exact) mass is 154 g/mol. The molecule has 0 atom stereocenters. The van der Waals surface area contributed by atoms with Gasteiger partial charge in [0.25, 0.3) is 0 Å². The van der Waals surface area contributed by atoms with Gasteiger partial charge in [0, 0.05) is 12.6 Å². The Morgan fingerprint density at radius 1 is 1.64 bits per heavy atom. The predicted octanol–water partition coefficient (Wildman–Crippen LogP) is 1.30. The Kier molecular flexibility index (Phi) is 2.63. The van der Waals surface area contributed by atoms with Crippen molar-refractivity contribution >= 4 is 11.6 Å². The Balaban J connectivity index is 2.38. The molecule has 0 radical (unpaired) electrons. The molecule has 0 heterocycles. The first-order valence-corrected chi connectivity index (χ1v) is 4.07. The summed E-state index contributed by atoms with van der Waals surface area (Å²) in [7, 11) is 0. The molecule has 1 rings (SSSR count). The van der Waals surface area contributed by atoms with Gasteiger partial charge in [-0.15, -0.1) is 0 Å². The van der Waals surface area contributed by atoms with Gasteiger partial charge in [0.05, 0.1) is 0 Å². The second-order valence-corrected chi connectivity index (χ2v) is 2.90. The molecule has 1 aliphatic carbocycles. The summed E-state index contributed by atoms with van der Waals surface area (Å²) in [6.07, 6.45) is 3.43. The zero-order chi connectivity index (χ0) is 8.27. The maximum atomic E-state index is 10.5. The van der Waals surface area contributed by atoms with E-state index in [4.69, 9.17) is 0 Å². The van der Waals surface area contributed by atoms with E-state index in [2.05, 4.69) is 17.5 Å². The van der Waals surface area contributed by atoms with Gasteiger partial charge in [0.15, 0.2) is 0 Å². The van der Waals surface area contributed by atoms with E-state index >= 15 is 0 Å². The van der Waals surface area contributed by atoms with Gasteiger partial charge >= 0.3 is 0 Å². The first-order chi connectivity index (χ1) is 5.24. The Bertz CT molecular complexity index is 183. The molecule has 0 spiro atoms. The fraction of sp³-hybridized carbons (Fsp3) is 0.750. The van der Waals surface area contributed by atoms with Crippen molar-refractivity contribution in [2.75, 3.05) is 0 Å². The first-order valence-electron chi connectivity index (χ1n) is 4.07. The van der Waals surface area contributed by atoms with Crippen LogP contribution in [0, 0.1) is 5.92 Å². The lowest BCUT2D eigenvalue weighted by Gasteiger charge is -1.99. The van der Waals surface area contributed by atoms with Crippen LogP contribution in [0.3, 0.4) is 0 Å². The number of hydrogen-bond acceptors (Lipinski definition) is 2. The van der Waals surface area contributed by atoms with E-state index in [1.54, 1.807) is 0 Å². The van der Waals surface area contributed by atoms with E-state index in [0.717, 1.165) is 12.1 Å². The highest BCUT2D eigenvalue weighted by Gasteiger charge is 2.26. The number of amides is 1. The standard InChI is InChI=1S/C8H14N2O/c1-3-8(7-4-5-7)10-9-6(2)11/h7H,3-5H2,1-2H3,(H,9,11)/b10-8-. The summed E-state index contributed by atoms with van der Waals surface area (Å²) in [5.74, 6) is 0.573. The number of rotatable bonds is 3. The maximum absolute atomic E-state index is 10.5. The van der Waals surface area contributed by atoms with Crippen molar-refractivity contribution in [3.63, 3.8) is 0 Å².